The highest BCUT2D eigenvalue weighted by molar-refractivity contribution is 5.84. The number of rotatable bonds is 6. The molecule has 0 radical (unpaired) electrons. The smallest absolute Gasteiger partial charge is 0.249 e. The van der Waals surface area contributed by atoms with Crippen molar-refractivity contribution in [3.05, 3.63) is 18.0 Å². The zero-order valence-corrected chi connectivity index (χ0v) is 16.8. The Morgan fingerprint density at radius 1 is 1.21 bits per heavy atom. The van der Waals surface area contributed by atoms with Crippen LogP contribution in [0, 0.1) is 5.92 Å². The third kappa shape index (κ3) is 4.01. The first-order chi connectivity index (χ1) is 14.1. The Hall–Kier alpha value is -2.40. The molecule has 158 valence electrons. The van der Waals surface area contributed by atoms with E-state index in [9.17, 15) is 4.79 Å². The Balaban J connectivity index is 1.62. The van der Waals surface area contributed by atoms with Crippen LogP contribution < -0.4 is 5.32 Å². The summed E-state index contributed by atoms with van der Waals surface area (Å²) in [7, 11) is 0. The Labute approximate surface area is 168 Å². The number of carbonyl (C=O) groups excluding carboxylic acids is 1. The molecule has 2 aromatic rings. The first-order valence-electron chi connectivity index (χ1n) is 10.1. The molecule has 1 amide bonds. The van der Waals surface area contributed by atoms with Crippen molar-refractivity contribution < 1.29 is 18.8 Å². The number of tetrazole rings is 1. The Morgan fingerprint density at radius 3 is 2.55 bits per heavy atom. The van der Waals surface area contributed by atoms with Gasteiger partial charge >= 0.3 is 0 Å². The van der Waals surface area contributed by atoms with Gasteiger partial charge in [0, 0.05) is 45.2 Å². The molecule has 0 spiro atoms. The molecule has 0 aromatic carbocycles. The fourth-order valence-corrected chi connectivity index (χ4v) is 3.94. The molecular weight excluding hydrogens is 378 g/mol. The third-order valence-electron chi connectivity index (χ3n) is 5.79. The normalized spacial score (nSPS) is 21.2. The molecule has 11 heteroatoms. The van der Waals surface area contributed by atoms with Crippen LogP contribution >= 0.6 is 0 Å². The highest BCUT2D eigenvalue weighted by atomic mass is 16.5. The van der Waals surface area contributed by atoms with Crippen LogP contribution in [-0.4, -0.2) is 62.7 Å². The van der Waals surface area contributed by atoms with Gasteiger partial charge in [-0.15, -0.1) is 5.10 Å². The summed E-state index contributed by atoms with van der Waals surface area (Å²) in [5.41, 5.74) is -0.897. The lowest BCUT2D eigenvalue weighted by Crippen LogP contribution is -2.54. The molecule has 4 heterocycles. The van der Waals surface area contributed by atoms with Crippen molar-refractivity contribution >= 4 is 5.91 Å². The van der Waals surface area contributed by atoms with Crippen LogP contribution in [0.5, 0.6) is 0 Å². The second kappa shape index (κ2) is 8.54. The van der Waals surface area contributed by atoms with E-state index in [4.69, 9.17) is 14.0 Å². The Bertz CT molecular complexity index is 795. The minimum atomic E-state index is -0.897. The minimum Gasteiger partial charge on any atom is -0.381 e. The number of amides is 1. The number of hydrogen-bond donors (Lipinski definition) is 1. The van der Waals surface area contributed by atoms with Crippen molar-refractivity contribution in [2.45, 2.75) is 57.0 Å². The zero-order chi connectivity index (χ0) is 20.3. The summed E-state index contributed by atoms with van der Waals surface area (Å²) >= 11 is 0. The van der Waals surface area contributed by atoms with Gasteiger partial charge in [-0.3, -0.25) is 4.79 Å². The van der Waals surface area contributed by atoms with Crippen molar-refractivity contribution in [1.29, 1.82) is 0 Å². The summed E-state index contributed by atoms with van der Waals surface area (Å²) in [6.45, 7) is 6.24. The second-order valence-corrected chi connectivity index (χ2v) is 7.94. The van der Waals surface area contributed by atoms with E-state index in [2.05, 4.69) is 31.0 Å². The van der Waals surface area contributed by atoms with E-state index in [1.165, 1.54) is 6.33 Å². The number of nitrogens with one attached hydrogen (secondary N) is 1. The van der Waals surface area contributed by atoms with Gasteiger partial charge in [0.1, 0.15) is 17.9 Å². The van der Waals surface area contributed by atoms with Gasteiger partial charge in [-0.1, -0.05) is 19.0 Å². The first kappa shape index (κ1) is 19.9. The fraction of sp³-hybridized carbons (Fsp3) is 0.778. The summed E-state index contributed by atoms with van der Waals surface area (Å²) in [6.07, 6.45) is 4.09. The predicted molar refractivity (Wildman–Crippen MR) is 98.7 cm³/mol. The van der Waals surface area contributed by atoms with Gasteiger partial charge in [0.05, 0.1) is 0 Å². The van der Waals surface area contributed by atoms with Gasteiger partial charge in [0.25, 0.3) is 0 Å². The van der Waals surface area contributed by atoms with Crippen molar-refractivity contribution in [3.8, 4) is 0 Å². The summed E-state index contributed by atoms with van der Waals surface area (Å²) in [5.74, 6) is 1.20. The van der Waals surface area contributed by atoms with Crippen LogP contribution in [0.15, 0.2) is 10.9 Å². The van der Waals surface area contributed by atoms with E-state index in [0.29, 0.717) is 51.0 Å². The molecule has 2 aliphatic rings. The van der Waals surface area contributed by atoms with Gasteiger partial charge in [-0.05, 0) is 29.2 Å². The van der Waals surface area contributed by atoms with Gasteiger partial charge in [0.2, 0.25) is 11.8 Å². The van der Waals surface area contributed by atoms with Crippen LogP contribution in [0.4, 0.5) is 0 Å². The van der Waals surface area contributed by atoms with E-state index in [0.717, 1.165) is 12.8 Å². The first-order valence-corrected chi connectivity index (χ1v) is 10.1. The van der Waals surface area contributed by atoms with Crippen molar-refractivity contribution in [3.63, 3.8) is 0 Å². The maximum atomic E-state index is 13.6. The number of carbonyl (C=O) groups is 1. The molecule has 1 unspecified atom stereocenters. The summed E-state index contributed by atoms with van der Waals surface area (Å²) < 4.78 is 18.1. The average Bonchev–Trinajstić information content (AvgIpc) is 3.45. The molecule has 1 N–H and O–H groups in total. The summed E-state index contributed by atoms with van der Waals surface area (Å²) in [4.78, 5) is 18.1. The molecular formula is C18H27N7O4. The average molecular weight is 405 g/mol. The molecule has 29 heavy (non-hydrogen) atoms. The lowest BCUT2D eigenvalue weighted by atomic mass is 9.86. The molecule has 0 saturated carbocycles. The van der Waals surface area contributed by atoms with Crippen LogP contribution in [0.1, 0.15) is 63.2 Å². The Kier molecular flexibility index (Phi) is 5.86. The monoisotopic (exact) mass is 405 g/mol. The van der Waals surface area contributed by atoms with Crippen LogP contribution in [-0.2, 0) is 19.8 Å². The third-order valence-corrected chi connectivity index (χ3v) is 5.79. The van der Waals surface area contributed by atoms with E-state index in [1.54, 1.807) is 4.68 Å². The molecule has 11 nitrogen and oxygen atoms in total. The fourth-order valence-electron chi connectivity index (χ4n) is 3.94. The second-order valence-electron chi connectivity index (χ2n) is 7.94. The van der Waals surface area contributed by atoms with E-state index < -0.39 is 5.54 Å². The van der Waals surface area contributed by atoms with Gasteiger partial charge in [0.15, 0.2) is 5.82 Å². The van der Waals surface area contributed by atoms with Gasteiger partial charge in [-0.2, -0.15) is 4.98 Å². The molecule has 1 atom stereocenters. The maximum Gasteiger partial charge on any atom is 0.249 e. The molecule has 0 bridgehead atoms. The quantitative estimate of drug-likeness (QED) is 0.747. The van der Waals surface area contributed by atoms with Crippen LogP contribution in [0.2, 0.25) is 0 Å². The number of aromatic nitrogens is 6. The minimum absolute atomic E-state index is 0.140. The van der Waals surface area contributed by atoms with Crippen LogP contribution in [0.3, 0.4) is 0 Å². The number of hydrogen-bond acceptors (Lipinski definition) is 9. The highest BCUT2D eigenvalue weighted by Crippen LogP contribution is 2.34. The lowest BCUT2D eigenvalue weighted by Gasteiger charge is -2.37. The van der Waals surface area contributed by atoms with E-state index in [1.807, 2.05) is 13.8 Å². The molecule has 2 saturated heterocycles. The SMILES string of the molecule is CC(C)c1noc(C(NC(=O)C2(n3cnnn3)CCOCC2)C2CCOCC2)n1. The molecule has 0 aliphatic carbocycles. The number of ether oxygens (including phenoxy) is 2. The van der Waals surface area contributed by atoms with Crippen LogP contribution in [0.25, 0.3) is 0 Å². The maximum absolute atomic E-state index is 13.6. The molecule has 2 fully saturated rings. The van der Waals surface area contributed by atoms with Gasteiger partial charge in [-0.25, -0.2) is 4.68 Å². The van der Waals surface area contributed by atoms with E-state index in [-0.39, 0.29) is 23.8 Å². The summed E-state index contributed by atoms with van der Waals surface area (Å²) in [5, 5.41) is 18.8. The number of nitrogens with zero attached hydrogens (tertiary/aromatic N) is 6. The van der Waals surface area contributed by atoms with E-state index >= 15 is 0 Å². The molecule has 4 rings (SSSR count). The lowest BCUT2D eigenvalue weighted by molar-refractivity contribution is -0.137. The van der Waals surface area contributed by atoms with Crippen molar-refractivity contribution in [2.24, 2.45) is 5.92 Å². The largest absolute Gasteiger partial charge is 0.381 e. The Morgan fingerprint density at radius 2 is 1.93 bits per heavy atom. The van der Waals surface area contributed by atoms with Crippen molar-refractivity contribution in [1.82, 2.24) is 35.7 Å². The summed E-state index contributed by atoms with van der Waals surface area (Å²) in [6, 6.07) is -0.386. The molecule has 2 aromatic heterocycles. The molecule has 2 aliphatic heterocycles. The highest BCUT2D eigenvalue weighted by Gasteiger charge is 2.45. The zero-order valence-electron chi connectivity index (χ0n) is 16.8. The standard InChI is InChI=1S/C18H27N7O4/c1-12(2)15-21-16(29-22-15)14(13-3-7-27-8-4-13)20-17(26)18(5-9-28-10-6-18)25-11-19-23-24-25/h11-14H,3-10H2,1-2H3,(H,20,26). The predicted octanol–water partition coefficient (Wildman–Crippen LogP) is 0.969. The van der Waals surface area contributed by atoms with Crippen molar-refractivity contribution in [2.75, 3.05) is 26.4 Å². The van der Waals surface area contributed by atoms with Gasteiger partial charge < -0.3 is 19.3 Å². The topological polar surface area (TPSA) is 130 Å².